The van der Waals surface area contributed by atoms with E-state index in [0.29, 0.717) is 13.2 Å². The van der Waals surface area contributed by atoms with E-state index in [9.17, 15) is 4.79 Å². The van der Waals surface area contributed by atoms with E-state index in [1.54, 1.807) is 13.1 Å². The quantitative estimate of drug-likeness (QED) is 0.228. The van der Waals surface area contributed by atoms with Gasteiger partial charge >= 0.3 is 0 Å². The van der Waals surface area contributed by atoms with E-state index < -0.39 is 0 Å². The highest BCUT2D eigenvalue weighted by atomic mass is 127. The van der Waals surface area contributed by atoms with Crippen molar-refractivity contribution in [2.75, 3.05) is 32.1 Å². The van der Waals surface area contributed by atoms with Crippen molar-refractivity contribution in [2.45, 2.75) is 33.6 Å². The number of nitrogens with one attached hydrogen (secondary N) is 3. The molecule has 1 aromatic rings. The molecule has 1 rings (SSSR count). The molecule has 3 N–H and O–H groups in total. The van der Waals surface area contributed by atoms with Crippen LogP contribution >= 0.6 is 24.0 Å². The summed E-state index contributed by atoms with van der Waals surface area (Å²) >= 11 is 0. The zero-order valence-electron chi connectivity index (χ0n) is 15.6. The number of ether oxygens (including phenoxy) is 1. The van der Waals surface area contributed by atoms with E-state index in [-0.39, 0.29) is 29.9 Å². The molecule has 0 aliphatic carbocycles. The van der Waals surface area contributed by atoms with Gasteiger partial charge in [-0.2, -0.15) is 0 Å². The fourth-order valence-corrected chi connectivity index (χ4v) is 2.14. The van der Waals surface area contributed by atoms with E-state index in [1.165, 1.54) is 13.3 Å². The third kappa shape index (κ3) is 11.6. The van der Waals surface area contributed by atoms with Crippen molar-refractivity contribution in [1.82, 2.24) is 10.6 Å². The van der Waals surface area contributed by atoms with Crippen molar-refractivity contribution < 1.29 is 9.53 Å². The molecule has 0 radical (unpaired) electrons. The van der Waals surface area contributed by atoms with Crippen LogP contribution in [0, 0.1) is 5.92 Å². The third-order valence-electron chi connectivity index (χ3n) is 3.29. The van der Waals surface area contributed by atoms with Gasteiger partial charge in [0.15, 0.2) is 5.96 Å². The van der Waals surface area contributed by atoms with E-state index in [1.807, 2.05) is 18.2 Å². The molecule has 6 nitrogen and oxygen atoms in total. The highest BCUT2D eigenvalue weighted by Crippen LogP contribution is 2.16. The van der Waals surface area contributed by atoms with Crippen molar-refractivity contribution in [3.63, 3.8) is 0 Å². The molecular formula is C18H31IN4O2. The molecule has 25 heavy (non-hydrogen) atoms. The van der Waals surface area contributed by atoms with Gasteiger partial charge in [-0.3, -0.25) is 9.79 Å². The Morgan fingerprint density at radius 3 is 2.60 bits per heavy atom. The van der Waals surface area contributed by atoms with Crippen molar-refractivity contribution in [1.29, 1.82) is 0 Å². The minimum absolute atomic E-state index is 0. The number of guanidine groups is 1. The van der Waals surface area contributed by atoms with Gasteiger partial charge in [0.2, 0.25) is 5.91 Å². The molecule has 0 aliphatic rings. The van der Waals surface area contributed by atoms with E-state index >= 15 is 0 Å². The highest BCUT2D eigenvalue weighted by molar-refractivity contribution is 14.0. The van der Waals surface area contributed by atoms with Gasteiger partial charge in [-0.05, 0) is 30.9 Å². The maximum Gasteiger partial charge on any atom is 0.221 e. The second kappa shape index (κ2) is 13.7. The predicted octanol–water partition coefficient (Wildman–Crippen LogP) is 3.24. The average Bonchev–Trinajstić information content (AvgIpc) is 2.53. The molecule has 0 aliphatic heterocycles. The molecule has 1 amide bonds. The van der Waals surface area contributed by atoms with Crippen LogP contribution < -0.4 is 20.7 Å². The Balaban J connectivity index is 0.00000576. The van der Waals surface area contributed by atoms with Crippen LogP contribution in [-0.4, -0.2) is 38.6 Å². The molecule has 0 saturated heterocycles. The van der Waals surface area contributed by atoms with Crippen molar-refractivity contribution in [2.24, 2.45) is 10.9 Å². The SMILES string of the molecule is CN=C(NCCCC(C)C)NCCOc1cccc(NC(C)=O)c1.I. The summed E-state index contributed by atoms with van der Waals surface area (Å²) in [5.41, 5.74) is 0.732. The minimum atomic E-state index is -0.0962. The van der Waals surface area contributed by atoms with Gasteiger partial charge in [-0.15, -0.1) is 24.0 Å². The lowest BCUT2D eigenvalue weighted by atomic mass is 10.1. The monoisotopic (exact) mass is 462 g/mol. The maximum absolute atomic E-state index is 11.1. The van der Waals surface area contributed by atoms with Gasteiger partial charge in [0.25, 0.3) is 0 Å². The summed E-state index contributed by atoms with van der Waals surface area (Å²) in [6.45, 7) is 8.01. The Bertz CT molecular complexity index is 536. The fourth-order valence-electron chi connectivity index (χ4n) is 2.14. The summed E-state index contributed by atoms with van der Waals surface area (Å²) in [5.74, 6) is 2.14. The van der Waals surface area contributed by atoms with Gasteiger partial charge in [-0.25, -0.2) is 0 Å². The topological polar surface area (TPSA) is 74.8 Å². The number of benzene rings is 1. The normalized spacial score (nSPS) is 10.8. The lowest BCUT2D eigenvalue weighted by Crippen LogP contribution is -2.39. The van der Waals surface area contributed by atoms with Crippen LogP contribution in [0.25, 0.3) is 0 Å². The number of hydrogen-bond acceptors (Lipinski definition) is 3. The smallest absolute Gasteiger partial charge is 0.221 e. The fraction of sp³-hybridized carbons (Fsp3) is 0.556. The lowest BCUT2D eigenvalue weighted by molar-refractivity contribution is -0.114. The number of anilines is 1. The minimum Gasteiger partial charge on any atom is -0.492 e. The number of amides is 1. The standard InChI is InChI=1S/C18H30N4O2.HI/c1-14(2)7-6-10-20-18(19-4)21-11-12-24-17-9-5-8-16(13-17)22-15(3)23;/h5,8-9,13-14H,6-7,10-12H2,1-4H3,(H,22,23)(H2,19,20,21);1H. The van der Waals surface area contributed by atoms with Crippen LogP contribution in [0.5, 0.6) is 5.75 Å². The number of hydrogen-bond donors (Lipinski definition) is 3. The van der Waals surface area contributed by atoms with Gasteiger partial charge in [0, 0.05) is 32.3 Å². The number of carbonyl (C=O) groups is 1. The number of rotatable bonds is 9. The van der Waals surface area contributed by atoms with Gasteiger partial charge in [0.05, 0.1) is 6.54 Å². The highest BCUT2D eigenvalue weighted by Gasteiger charge is 2.00. The zero-order chi connectivity index (χ0) is 17.8. The van der Waals surface area contributed by atoms with Crippen molar-refractivity contribution in [3.8, 4) is 5.75 Å². The number of carbonyl (C=O) groups excluding carboxylic acids is 1. The first-order chi connectivity index (χ1) is 11.5. The Morgan fingerprint density at radius 1 is 1.24 bits per heavy atom. The third-order valence-corrected chi connectivity index (χ3v) is 3.29. The Labute approximate surface area is 168 Å². The van der Waals surface area contributed by atoms with Crippen molar-refractivity contribution >= 4 is 41.5 Å². The molecule has 7 heteroatoms. The summed E-state index contributed by atoms with van der Waals surface area (Å²) in [7, 11) is 1.76. The largest absolute Gasteiger partial charge is 0.492 e. The molecule has 0 spiro atoms. The van der Waals surface area contributed by atoms with E-state index in [0.717, 1.165) is 36.3 Å². The van der Waals surface area contributed by atoms with Crippen LogP contribution in [0.1, 0.15) is 33.6 Å². The van der Waals surface area contributed by atoms with Crippen molar-refractivity contribution in [3.05, 3.63) is 24.3 Å². The molecule has 0 aromatic heterocycles. The first-order valence-electron chi connectivity index (χ1n) is 8.46. The van der Waals surface area contributed by atoms with Crippen LogP contribution in [0.15, 0.2) is 29.3 Å². The predicted molar refractivity (Wildman–Crippen MR) is 115 cm³/mol. The molecule has 1 aromatic carbocycles. The average molecular weight is 462 g/mol. The Kier molecular flexibility index (Phi) is 12.9. The molecular weight excluding hydrogens is 431 g/mol. The van der Waals surface area contributed by atoms with Gasteiger partial charge in [-0.1, -0.05) is 19.9 Å². The molecule has 0 atom stereocenters. The summed E-state index contributed by atoms with van der Waals surface area (Å²) in [6.07, 6.45) is 2.34. The van der Waals surface area contributed by atoms with Gasteiger partial charge < -0.3 is 20.7 Å². The summed E-state index contributed by atoms with van der Waals surface area (Å²) in [5, 5.41) is 9.24. The lowest BCUT2D eigenvalue weighted by Gasteiger charge is -2.13. The number of aliphatic imine (C=N–C) groups is 1. The second-order valence-corrected chi connectivity index (χ2v) is 6.02. The molecule has 0 heterocycles. The van der Waals surface area contributed by atoms with Crippen LogP contribution in [-0.2, 0) is 4.79 Å². The molecule has 0 fully saturated rings. The molecule has 142 valence electrons. The Morgan fingerprint density at radius 2 is 1.96 bits per heavy atom. The summed E-state index contributed by atoms with van der Waals surface area (Å²) in [4.78, 5) is 15.2. The zero-order valence-corrected chi connectivity index (χ0v) is 17.9. The van der Waals surface area contributed by atoms with E-state index in [4.69, 9.17) is 4.74 Å². The molecule has 0 unspecified atom stereocenters. The second-order valence-electron chi connectivity index (χ2n) is 6.02. The maximum atomic E-state index is 11.1. The summed E-state index contributed by atoms with van der Waals surface area (Å²) < 4.78 is 5.68. The first-order valence-corrected chi connectivity index (χ1v) is 8.46. The van der Waals surface area contributed by atoms with Gasteiger partial charge in [0.1, 0.15) is 12.4 Å². The van der Waals surface area contributed by atoms with Crippen LogP contribution in [0.2, 0.25) is 0 Å². The van der Waals surface area contributed by atoms with E-state index in [2.05, 4.69) is 34.8 Å². The number of halogens is 1. The van der Waals surface area contributed by atoms with Crippen LogP contribution in [0.4, 0.5) is 5.69 Å². The Hall–Kier alpha value is -1.51. The molecule has 0 bridgehead atoms. The number of nitrogens with zero attached hydrogens (tertiary/aromatic N) is 1. The first kappa shape index (κ1) is 23.5. The van der Waals surface area contributed by atoms with Crippen LogP contribution in [0.3, 0.4) is 0 Å². The summed E-state index contributed by atoms with van der Waals surface area (Å²) in [6, 6.07) is 7.35. The molecule has 0 saturated carbocycles.